The summed E-state index contributed by atoms with van der Waals surface area (Å²) in [6, 6.07) is 26.0. The van der Waals surface area contributed by atoms with E-state index < -0.39 is 12.1 Å². The predicted octanol–water partition coefficient (Wildman–Crippen LogP) is 4.69. The lowest BCUT2D eigenvalue weighted by atomic mass is 9.97. The second kappa shape index (κ2) is 13.4. The zero-order valence-electron chi connectivity index (χ0n) is 23.4. The third-order valence-corrected chi connectivity index (χ3v) is 7.81. The largest absolute Gasteiger partial charge is 0.491 e. The number of ether oxygens (including phenoxy) is 2. The molecule has 0 unspecified atom stereocenters. The van der Waals surface area contributed by atoms with Gasteiger partial charge in [-0.3, -0.25) is 9.59 Å². The smallest absolute Gasteiger partial charge is 0.408 e. The Morgan fingerprint density at radius 1 is 0.976 bits per heavy atom. The lowest BCUT2D eigenvalue weighted by Gasteiger charge is -2.30. The average molecular weight is 556 g/mol. The molecular formula is C33H37N3O5. The zero-order valence-corrected chi connectivity index (χ0v) is 23.4. The third kappa shape index (κ3) is 7.45. The standard InChI is InChI=1S/C33H37N3O5/c1-35-17-9-16-30(34-33(39)41-22-25-12-6-3-7-13-25)32(38)36-21-26(18-24-10-4-2-5-11-24)19-28(36)23-40-29-15-8-14-27(20-29)31(35)37/h2-8,10-15,20,26,28,30H,9,16-19,21-23H2,1H3,(H,34,39)/t26-,28-,30-/m0/s1. The highest BCUT2D eigenvalue weighted by Crippen LogP contribution is 2.29. The van der Waals surface area contributed by atoms with Crippen LogP contribution in [0.5, 0.6) is 5.75 Å². The van der Waals surface area contributed by atoms with Crippen LogP contribution in [-0.2, 0) is 22.6 Å². The minimum Gasteiger partial charge on any atom is -0.491 e. The molecule has 0 aliphatic carbocycles. The first-order chi connectivity index (χ1) is 20.0. The normalized spacial score (nSPS) is 21.4. The molecule has 0 spiro atoms. The number of hydrogen-bond acceptors (Lipinski definition) is 5. The van der Waals surface area contributed by atoms with Crippen molar-refractivity contribution in [1.82, 2.24) is 15.1 Å². The van der Waals surface area contributed by atoms with Crippen molar-refractivity contribution in [3.8, 4) is 5.75 Å². The molecule has 0 radical (unpaired) electrons. The van der Waals surface area contributed by atoms with E-state index in [2.05, 4.69) is 17.4 Å². The van der Waals surface area contributed by atoms with Crippen molar-refractivity contribution < 1.29 is 23.9 Å². The summed E-state index contributed by atoms with van der Waals surface area (Å²) in [6.07, 6.45) is 1.92. The molecule has 3 amide bonds. The molecule has 0 aromatic heterocycles. The fraction of sp³-hybridized carbons (Fsp3) is 0.364. The van der Waals surface area contributed by atoms with Crippen LogP contribution in [0.1, 0.15) is 40.7 Å². The first kappa shape index (κ1) is 28.2. The van der Waals surface area contributed by atoms with Gasteiger partial charge in [-0.15, -0.1) is 0 Å². The molecule has 41 heavy (non-hydrogen) atoms. The van der Waals surface area contributed by atoms with E-state index in [9.17, 15) is 14.4 Å². The highest BCUT2D eigenvalue weighted by Gasteiger charge is 2.39. The topological polar surface area (TPSA) is 88.2 Å². The van der Waals surface area contributed by atoms with E-state index in [1.165, 1.54) is 5.56 Å². The summed E-state index contributed by atoms with van der Waals surface area (Å²) in [5.74, 6) is 0.594. The Bertz CT molecular complexity index is 1330. The van der Waals surface area contributed by atoms with Gasteiger partial charge in [-0.1, -0.05) is 66.7 Å². The maximum Gasteiger partial charge on any atom is 0.408 e. The van der Waals surface area contributed by atoms with E-state index in [0.29, 0.717) is 43.9 Å². The fourth-order valence-electron chi connectivity index (χ4n) is 5.67. The molecule has 3 atom stereocenters. The van der Waals surface area contributed by atoms with Gasteiger partial charge in [-0.05, 0) is 60.9 Å². The van der Waals surface area contributed by atoms with Crippen LogP contribution < -0.4 is 10.1 Å². The number of nitrogens with zero attached hydrogens (tertiary/aromatic N) is 2. The van der Waals surface area contributed by atoms with Gasteiger partial charge >= 0.3 is 6.09 Å². The summed E-state index contributed by atoms with van der Waals surface area (Å²) in [4.78, 5) is 43.4. The molecule has 1 fully saturated rings. The van der Waals surface area contributed by atoms with Gasteiger partial charge in [0, 0.05) is 25.7 Å². The minimum absolute atomic E-state index is 0.113. The van der Waals surface area contributed by atoms with Crippen LogP contribution in [0.3, 0.4) is 0 Å². The molecule has 2 aliphatic rings. The third-order valence-electron chi connectivity index (χ3n) is 7.81. The maximum atomic E-state index is 14.0. The Morgan fingerprint density at radius 3 is 2.46 bits per heavy atom. The van der Waals surface area contributed by atoms with Crippen LogP contribution in [0.4, 0.5) is 4.79 Å². The number of benzene rings is 3. The molecule has 8 nitrogen and oxygen atoms in total. The number of carbonyl (C=O) groups excluding carboxylic acids is 3. The van der Waals surface area contributed by atoms with Crippen molar-refractivity contribution in [3.63, 3.8) is 0 Å². The minimum atomic E-state index is -0.777. The Hall–Kier alpha value is -4.33. The molecule has 1 saturated heterocycles. The van der Waals surface area contributed by atoms with Crippen LogP contribution in [0, 0.1) is 5.92 Å². The monoisotopic (exact) mass is 555 g/mol. The summed E-state index contributed by atoms with van der Waals surface area (Å²) in [6.45, 7) is 1.43. The summed E-state index contributed by atoms with van der Waals surface area (Å²) in [5.41, 5.74) is 2.65. The van der Waals surface area contributed by atoms with Crippen molar-refractivity contribution in [1.29, 1.82) is 0 Å². The van der Waals surface area contributed by atoms with Crippen LogP contribution >= 0.6 is 0 Å². The highest BCUT2D eigenvalue weighted by atomic mass is 16.5. The van der Waals surface area contributed by atoms with Gasteiger partial charge in [0.2, 0.25) is 5.91 Å². The van der Waals surface area contributed by atoms with Crippen molar-refractivity contribution >= 4 is 17.9 Å². The summed E-state index contributed by atoms with van der Waals surface area (Å²) in [7, 11) is 1.74. The predicted molar refractivity (Wildman–Crippen MR) is 155 cm³/mol. The lowest BCUT2D eigenvalue weighted by Crippen LogP contribution is -2.51. The molecule has 8 heteroatoms. The highest BCUT2D eigenvalue weighted by molar-refractivity contribution is 5.94. The Balaban J connectivity index is 1.35. The van der Waals surface area contributed by atoms with Crippen molar-refractivity contribution in [2.45, 2.75) is 44.4 Å². The van der Waals surface area contributed by atoms with Gasteiger partial charge in [0.15, 0.2) is 0 Å². The van der Waals surface area contributed by atoms with Gasteiger partial charge in [-0.2, -0.15) is 0 Å². The molecule has 2 bridgehead atoms. The second-order valence-electron chi connectivity index (χ2n) is 10.9. The average Bonchev–Trinajstić information content (AvgIpc) is 3.40. The number of alkyl carbamates (subject to hydrolysis) is 1. The molecule has 3 aromatic rings. The Morgan fingerprint density at radius 2 is 1.71 bits per heavy atom. The maximum absolute atomic E-state index is 14.0. The van der Waals surface area contributed by atoms with E-state index >= 15 is 0 Å². The van der Waals surface area contributed by atoms with Crippen LogP contribution in [0.15, 0.2) is 84.9 Å². The van der Waals surface area contributed by atoms with Gasteiger partial charge in [0.05, 0.1) is 6.04 Å². The number of rotatable bonds is 5. The lowest BCUT2D eigenvalue weighted by molar-refractivity contribution is -0.135. The summed E-state index contributed by atoms with van der Waals surface area (Å²) < 4.78 is 11.6. The van der Waals surface area contributed by atoms with Crippen molar-refractivity contribution in [2.75, 3.05) is 26.7 Å². The van der Waals surface area contributed by atoms with E-state index in [-0.39, 0.29) is 30.4 Å². The van der Waals surface area contributed by atoms with E-state index in [0.717, 1.165) is 18.4 Å². The molecular weight excluding hydrogens is 518 g/mol. The van der Waals surface area contributed by atoms with Crippen molar-refractivity contribution in [2.24, 2.45) is 5.92 Å². The zero-order chi connectivity index (χ0) is 28.6. The first-order valence-corrected chi connectivity index (χ1v) is 14.3. The second-order valence-corrected chi connectivity index (χ2v) is 10.9. The molecule has 2 aliphatic heterocycles. The van der Waals surface area contributed by atoms with Crippen LogP contribution in [-0.4, -0.2) is 66.5 Å². The van der Waals surface area contributed by atoms with E-state index in [4.69, 9.17) is 9.47 Å². The van der Waals surface area contributed by atoms with E-state index in [1.807, 2.05) is 65.6 Å². The number of amides is 3. The number of fused-ring (bicyclic) bond motifs is 3. The van der Waals surface area contributed by atoms with Gasteiger partial charge in [-0.25, -0.2) is 4.79 Å². The molecule has 5 rings (SSSR count). The molecule has 214 valence electrons. The van der Waals surface area contributed by atoms with E-state index in [1.54, 1.807) is 24.1 Å². The SMILES string of the molecule is CN1CCC[C@H](NC(=O)OCc2ccccc2)C(=O)N2C[C@@H](Cc3ccccc3)C[C@H]2COc2cccc(c2)C1=O. The van der Waals surface area contributed by atoms with Gasteiger partial charge in [0.1, 0.15) is 25.0 Å². The fourth-order valence-corrected chi connectivity index (χ4v) is 5.67. The number of carbonyl (C=O) groups is 3. The van der Waals surface area contributed by atoms with Crippen LogP contribution in [0.25, 0.3) is 0 Å². The summed E-state index contributed by atoms with van der Waals surface area (Å²) in [5, 5.41) is 2.83. The summed E-state index contributed by atoms with van der Waals surface area (Å²) >= 11 is 0. The number of hydrogen-bond donors (Lipinski definition) is 1. The number of nitrogens with one attached hydrogen (secondary N) is 1. The Labute approximate surface area is 241 Å². The van der Waals surface area contributed by atoms with Crippen LogP contribution in [0.2, 0.25) is 0 Å². The van der Waals surface area contributed by atoms with Gasteiger partial charge < -0.3 is 24.6 Å². The molecule has 2 heterocycles. The molecule has 3 aromatic carbocycles. The van der Waals surface area contributed by atoms with Crippen molar-refractivity contribution in [3.05, 3.63) is 102 Å². The van der Waals surface area contributed by atoms with Gasteiger partial charge in [0.25, 0.3) is 5.91 Å². The molecule has 0 saturated carbocycles. The Kier molecular flexibility index (Phi) is 9.19. The molecule has 1 N–H and O–H groups in total. The first-order valence-electron chi connectivity index (χ1n) is 14.3. The quantitative estimate of drug-likeness (QED) is 0.494.